The number of rotatable bonds is 6. The van der Waals surface area contributed by atoms with Crippen LogP contribution in [0.15, 0.2) is 18.2 Å². The van der Waals surface area contributed by atoms with Gasteiger partial charge in [-0.25, -0.2) is 0 Å². The maximum atomic E-state index is 11.9. The number of likely N-dealkylation sites (N-methyl/N-ethyl adjacent to an activating group) is 1. The molecule has 7 heteroatoms. The highest BCUT2D eigenvalue weighted by Gasteiger charge is 2.14. The SMILES string of the molecule is Cc1cc(C(=O)NCC(O)CN(C)C)ccc1[N+](=O)[O-]. The summed E-state index contributed by atoms with van der Waals surface area (Å²) in [6, 6.07) is 4.17. The Morgan fingerprint density at radius 2 is 2.15 bits per heavy atom. The number of nitro groups is 1. The molecule has 1 aromatic rings. The first-order chi connectivity index (χ1) is 9.31. The summed E-state index contributed by atoms with van der Waals surface area (Å²) in [5, 5.41) is 22.9. The summed E-state index contributed by atoms with van der Waals surface area (Å²) in [5.41, 5.74) is 0.746. The van der Waals surface area contributed by atoms with Crippen molar-refractivity contribution in [3.8, 4) is 0 Å². The molecule has 1 rings (SSSR count). The summed E-state index contributed by atoms with van der Waals surface area (Å²) in [6.07, 6.45) is -0.659. The van der Waals surface area contributed by atoms with Crippen molar-refractivity contribution in [2.24, 2.45) is 0 Å². The second kappa shape index (κ2) is 6.97. The van der Waals surface area contributed by atoms with E-state index in [2.05, 4.69) is 5.32 Å². The Bertz CT molecular complexity index is 502. The van der Waals surface area contributed by atoms with E-state index >= 15 is 0 Å². The molecule has 0 aromatic heterocycles. The Labute approximate surface area is 117 Å². The number of aliphatic hydroxyl groups excluding tert-OH is 1. The molecule has 0 saturated heterocycles. The van der Waals surface area contributed by atoms with Gasteiger partial charge in [-0.2, -0.15) is 0 Å². The van der Waals surface area contributed by atoms with Crippen LogP contribution in [0.2, 0.25) is 0 Å². The van der Waals surface area contributed by atoms with Crippen molar-refractivity contribution < 1.29 is 14.8 Å². The minimum Gasteiger partial charge on any atom is -0.390 e. The molecule has 0 bridgehead atoms. The fourth-order valence-electron chi connectivity index (χ4n) is 1.80. The summed E-state index contributed by atoms with van der Waals surface area (Å²) >= 11 is 0. The zero-order valence-corrected chi connectivity index (χ0v) is 11.8. The number of aryl methyl sites for hydroxylation is 1. The molecule has 1 aromatic carbocycles. The summed E-state index contributed by atoms with van der Waals surface area (Å²) in [4.78, 5) is 23.9. The minimum atomic E-state index is -0.659. The van der Waals surface area contributed by atoms with Gasteiger partial charge in [0.15, 0.2) is 0 Å². The van der Waals surface area contributed by atoms with E-state index in [0.717, 1.165) is 0 Å². The van der Waals surface area contributed by atoms with Crippen LogP contribution in [-0.2, 0) is 0 Å². The predicted octanol–water partition coefficient (Wildman–Crippen LogP) is 0.556. The van der Waals surface area contributed by atoms with Gasteiger partial charge >= 0.3 is 0 Å². The van der Waals surface area contributed by atoms with E-state index in [1.807, 2.05) is 19.0 Å². The average Bonchev–Trinajstić information content (AvgIpc) is 2.34. The van der Waals surface area contributed by atoms with Crippen LogP contribution in [-0.4, -0.2) is 54.1 Å². The first-order valence-electron chi connectivity index (χ1n) is 6.17. The number of carbonyl (C=O) groups is 1. The average molecular weight is 281 g/mol. The Balaban J connectivity index is 2.64. The van der Waals surface area contributed by atoms with Crippen LogP contribution in [0, 0.1) is 17.0 Å². The lowest BCUT2D eigenvalue weighted by Crippen LogP contribution is -2.37. The molecule has 0 radical (unpaired) electrons. The van der Waals surface area contributed by atoms with Crippen molar-refractivity contribution >= 4 is 11.6 Å². The predicted molar refractivity (Wildman–Crippen MR) is 74.7 cm³/mol. The van der Waals surface area contributed by atoms with Gasteiger partial charge in [0.25, 0.3) is 11.6 Å². The molecule has 20 heavy (non-hydrogen) atoms. The Morgan fingerprint density at radius 1 is 1.50 bits per heavy atom. The molecule has 0 saturated carbocycles. The quantitative estimate of drug-likeness (QED) is 0.586. The molecule has 1 amide bonds. The lowest BCUT2D eigenvalue weighted by atomic mass is 10.1. The molecule has 0 aliphatic heterocycles. The Morgan fingerprint density at radius 3 is 2.65 bits per heavy atom. The molecule has 110 valence electrons. The molecule has 0 heterocycles. The topological polar surface area (TPSA) is 95.7 Å². The molecule has 0 aliphatic carbocycles. The van der Waals surface area contributed by atoms with Gasteiger partial charge in [0.05, 0.1) is 11.0 Å². The fourth-order valence-corrected chi connectivity index (χ4v) is 1.80. The third-order valence-corrected chi connectivity index (χ3v) is 2.73. The number of nitrogens with zero attached hydrogens (tertiary/aromatic N) is 2. The number of hydrogen-bond donors (Lipinski definition) is 2. The van der Waals surface area contributed by atoms with Gasteiger partial charge in [0, 0.05) is 30.3 Å². The van der Waals surface area contributed by atoms with E-state index in [1.165, 1.54) is 18.2 Å². The number of nitrogens with one attached hydrogen (secondary N) is 1. The summed E-state index contributed by atoms with van der Waals surface area (Å²) in [5.74, 6) is -0.360. The first kappa shape index (κ1) is 16.1. The maximum absolute atomic E-state index is 11.9. The molecular formula is C13H19N3O4. The van der Waals surface area contributed by atoms with Crippen LogP contribution < -0.4 is 5.32 Å². The van der Waals surface area contributed by atoms with Crippen molar-refractivity contribution in [2.45, 2.75) is 13.0 Å². The van der Waals surface area contributed by atoms with E-state index in [0.29, 0.717) is 17.7 Å². The van der Waals surface area contributed by atoms with Crippen molar-refractivity contribution in [3.05, 3.63) is 39.4 Å². The van der Waals surface area contributed by atoms with E-state index in [1.54, 1.807) is 6.92 Å². The van der Waals surface area contributed by atoms with Crippen molar-refractivity contribution in [1.29, 1.82) is 0 Å². The highest BCUT2D eigenvalue weighted by atomic mass is 16.6. The second-order valence-electron chi connectivity index (χ2n) is 4.88. The second-order valence-corrected chi connectivity index (χ2v) is 4.88. The van der Waals surface area contributed by atoms with Gasteiger partial charge < -0.3 is 15.3 Å². The minimum absolute atomic E-state index is 0.0193. The van der Waals surface area contributed by atoms with Gasteiger partial charge in [0.1, 0.15) is 0 Å². The van der Waals surface area contributed by atoms with Crippen molar-refractivity contribution in [1.82, 2.24) is 10.2 Å². The number of nitro benzene ring substituents is 1. The Kier molecular flexibility index (Phi) is 5.60. The van der Waals surface area contributed by atoms with E-state index in [9.17, 15) is 20.0 Å². The molecule has 2 N–H and O–H groups in total. The van der Waals surface area contributed by atoms with E-state index in [-0.39, 0.29) is 18.1 Å². The summed E-state index contributed by atoms with van der Waals surface area (Å²) in [6.45, 7) is 2.16. The number of aliphatic hydroxyl groups is 1. The van der Waals surface area contributed by atoms with Gasteiger partial charge in [0.2, 0.25) is 0 Å². The molecule has 1 atom stereocenters. The Hall–Kier alpha value is -1.99. The van der Waals surface area contributed by atoms with Gasteiger partial charge in [-0.1, -0.05) is 0 Å². The zero-order chi connectivity index (χ0) is 15.3. The smallest absolute Gasteiger partial charge is 0.272 e. The lowest BCUT2D eigenvalue weighted by Gasteiger charge is -2.16. The van der Waals surface area contributed by atoms with Gasteiger partial charge in [-0.05, 0) is 33.2 Å². The van der Waals surface area contributed by atoms with Crippen LogP contribution >= 0.6 is 0 Å². The van der Waals surface area contributed by atoms with Crippen LogP contribution in [0.5, 0.6) is 0 Å². The van der Waals surface area contributed by atoms with Crippen LogP contribution in [0.1, 0.15) is 15.9 Å². The third-order valence-electron chi connectivity index (χ3n) is 2.73. The fraction of sp³-hybridized carbons (Fsp3) is 0.462. The molecule has 0 spiro atoms. The van der Waals surface area contributed by atoms with Crippen LogP contribution in [0.4, 0.5) is 5.69 Å². The summed E-state index contributed by atoms with van der Waals surface area (Å²) < 4.78 is 0. The summed E-state index contributed by atoms with van der Waals surface area (Å²) in [7, 11) is 3.65. The lowest BCUT2D eigenvalue weighted by molar-refractivity contribution is -0.385. The van der Waals surface area contributed by atoms with E-state index in [4.69, 9.17) is 0 Å². The first-order valence-corrected chi connectivity index (χ1v) is 6.17. The highest BCUT2D eigenvalue weighted by molar-refractivity contribution is 5.94. The zero-order valence-electron chi connectivity index (χ0n) is 11.8. The normalized spacial score (nSPS) is 12.2. The largest absolute Gasteiger partial charge is 0.390 e. The molecule has 0 aliphatic rings. The van der Waals surface area contributed by atoms with Gasteiger partial charge in [-0.3, -0.25) is 14.9 Å². The number of benzene rings is 1. The van der Waals surface area contributed by atoms with Gasteiger partial charge in [-0.15, -0.1) is 0 Å². The molecule has 7 nitrogen and oxygen atoms in total. The highest BCUT2D eigenvalue weighted by Crippen LogP contribution is 2.18. The number of carbonyl (C=O) groups excluding carboxylic acids is 1. The monoisotopic (exact) mass is 281 g/mol. The van der Waals surface area contributed by atoms with Crippen molar-refractivity contribution in [2.75, 3.05) is 27.2 Å². The van der Waals surface area contributed by atoms with Crippen molar-refractivity contribution in [3.63, 3.8) is 0 Å². The standard InChI is InChI=1S/C13H19N3O4/c1-9-6-10(4-5-12(9)16(19)20)13(18)14-7-11(17)8-15(2)3/h4-6,11,17H,7-8H2,1-3H3,(H,14,18). The number of amides is 1. The molecular weight excluding hydrogens is 262 g/mol. The third kappa shape index (κ3) is 4.60. The molecule has 0 fully saturated rings. The van der Waals surface area contributed by atoms with E-state index < -0.39 is 11.0 Å². The molecule has 1 unspecified atom stereocenters. The van der Waals surface area contributed by atoms with Crippen LogP contribution in [0.25, 0.3) is 0 Å². The maximum Gasteiger partial charge on any atom is 0.272 e. The van der Waals surface area contributed by atoms with Crippen LogP contribution in [0.3, 0.4) is 0 Å². The number of hydrogen-bond acceptors (Lipinski definition) is 5.